The normalized spacial score (nSPS) is 17.6. The molecule has 1 heterocycles. The minimum atomic E-state index is -0.496. The monoisotopic (exact) mass is 342 g/mol. The fraction of sp³-hybridized carbons (Fsp3) is 0.526. The van der Waals surface area contributed by atoms with E-state index in [1.165, 1.54) is 0 Å². The first-order chi connectivity index (χ1) is 11.9. The van der Waals surface area contributed by atoms with Crippen LogP contribution in [0.2, 0.25) is 0 Å². The average Bonchev–Trinajstić information content (AvgIpc) is 3.23. The summed E-state index contributed by atoms with van der Waals surface area (Å²) < 4.78 is 5.47. The molecule has 0 spiro atoms. The number of nitrogens with one attached hydrogen (secondary N) is 1. The first-order valence-corrected chi connectivity index (χ1v) is 8.89. The smallest absolute Gasteiger partial charge is 0.251 e. The summed E-state index contributed by atoms with van der Waals surface area (Å²) in [7, 11) is 0. The van der Waals surface area contributed by atoms with E-state index in [1.807, 2.05) is 45.0 Å². The fourth-order valence-corrected chi connectivity index (χ4v) is 3.24. The third kappa shape index (κ3) is 3.74. The van der Waals surface area contributed by atoms with Crippen LogP contribution in [0.5, 0.6) is 0 Å². The van der Waals surface area contributed by atoms with Crippen LogP contribution < -0.4 is 11.1 Å². The zero-order valence-electron chi connectivity index (χ0n) is 15.1. The molecule has 3 rings (SSSR count). The van der Waals surface area contributed by atoms with Gasteiger partial charge in [0.25, 0.3) is 5.91 Å². The maximum absolute atomic E-state index is 12.5. The van der Waals surface area contributed by atoms with E-state index in [0.717, 1.165) is 31.2 Å². The van der Waals surface area contributed by atoms with Crippen molar-refractivity contribution in [3.8, 4) is 0 Å². The highest BCUT2D eigenvalue weighted by Crippen LogP contribution is 2.35. The fourth-order valence-electron chi connectivity index (χ4n) is 3.24. The van der Waals surface area contributed by atoms with E-state index in [0.29, 0.717) is 17.3 Å². The Bertz CT molecular complexity index is 730. The Morgan fingerprint density at radius 1 is 1.24 bits per heavy atom. The van der Waals surface area contributed by atoms with Crippen LogP contribution in [0.3, 0.4) is 0 Å². The zero-order chi connectivity index (χ0) is 18.0. The summed E-state index contributed by atoms with van der Waals surface area (Å²) >= 11 is 0. The van der Waals surface area contributed by atoms with Gasteiger partial charge in [0.15, 0.2) is 5.82 Å². The van der Waals surface area contributed by atoms with Gasteiger partial charge in [-0.1, -0.05) is 49.5 Å². The molecule has 0 saturated heterocycles. The van der Waals surface area contributed by atoms with Gasteiger partial charge >= 0.3 is 0 Å². The lowest BCUT2D eigenvalue weighted by molar-refractivity contribution is 0.0914. The van der Waals surface area contributed by atoms with Crippen molar-refractivity contribution in [2.45, 2.75) is 58.0 Å². The molecule has 1 fully saturated rings. The summed E-state index contributed by atoms with van der Waals surface area (Å²) in [6, 6.07) is 7.12. The van der Waals surface area contributed by atoms with Crippen LogP contribution in [-0.4, -0.2) is 16.0 Å². The molecule has 1 aromatic carbocycles. The van der Waals surface area contributed by atoms with Gasteiger partial charge in [-0.2, -0.15) is 4.98 Å². The van der Waals surface area contributed by atoms with E-state index in [1.54, 1.807) is 0 Å². The number of carbonyl (C=O) groups is 1. The van der Waals surface area contributed by atoms with Crippen LogP contribution in [0, 0.1) is 12.8 Å². The Labute approximate surface area is 148 Å². The molecule has 1 saturated carbocycles. The minimum Gasteiger partial charge on any atom is -0.340 e. The van der Waals surface area contributed by atoms with E-state index >= 15 is 0 Å². The number of aryl methyl sites for hydroxylation is 1. The van der Waals surface area contributed by atoms with Crippen molar-refractivity contribution in [1.29, 1.82) is 0 Å². The number of amides is 1. The predicted molar refractivity (Wildman–Crippen MR) is 94.9 cm³/mol. The van der Waals surface area contributed by atoms with Crippen molar-refractivity contribution in [3.63, 3.8) is 0 Å². The molecule has 2 aromatic rings. The molecule has 6 nitrogen and oxygen atoms in total. The molecule has 1 amide bonds. The van der Waals surface area contributed by atoms with Crippen molar-refractivity contribution in [2.75, 3.05) is 0 Å². The number of hydrogen-bond donors (Lipinski definition) is 2. The number of nitrogens with two attached hydrogens (primary N) is 1. The van der Waals surface area contributed by atoms with Crippen molar-refractivity contribution < 1.29 is 9.32 Å². The summed E-state index contributed by atoms with van der Waals surface area (Å²) in [6.45, 7) is 6.01. The summed E-state index contributed by atoms with van der Waals surface area (Å²) in [6.07, 6.45) is 3.90. The van der Waals surface area contributed by atoms with E-state index in [-0.39, 0.29) is 17.9 Å². The van der Waals surface area contributed by atoms with Gasteiger partial charge in [0.2, 0.25) is 5.89 Å². The van der Waals surface area contributed by atoms with Gasteiger partial charge in [-0.25, -0.2) is 0 Å². The number of carbonyl (C=O) groups excluding carboxylic acids is 1. The number of hydrogen-bond acceptors (Lipinski definition) is 5. The molecule has 0 bridgehead atoms. The molecule has 1 aliphatic rings. The van der Waals surface area contributed by atoms with Crippen LogP contribution in [0.25, 0.3) is 0 Å². The highest BCUT2D eigenvalue weighted by Gasteiger charge is 2.37. The molecular formula is C19H26N4O2. The van der Waals surface area contributed by atoms with E-state index < -0.39 is 5.54 Å². The average molecular weight is 342 g/mol. The lowest BCUT2D eigenvalue weighted by Crippen LogP contribution is -2.35. The standard InChI is InChI=1S/C19H26N4O2/c1-12(2)15(21-16(24)14-8-6-13(3)7-9-14)17-22-18(23-25-17)19(20)10-4-5-11-19/h6-9,12,15H,4-5,10-11,20H2,1-3H3,(H,21,24). The van der Waals surface area contributed by atoms with Gasteiger partial charge in [0.05, 0.1) is 5.54 Å². The van der Waals surface area contributed by atoms with Gasteiger partial charge in [-0.15, -0.1) is 0 Å². The van der Waals surface area contributed by atoms with Gasteiger partial charge in [-0.3, -0.25) is 4.79 Å². The third-order valence-corrected chi connectivity index (χ3v) is 4.92. The molecule has 1 unspecified atom stereocenters. The van der Waals surface area contributed by atoms with E-state index in [4.69, 9.17) is 10.3 Å². The number of benzene rings is 1. The molecule has 134 valence electrons. The first-order valence-electron chi connectivity index (χ1n) is 8.89. The van der Waals surface area contributed by atoms with E-state index in [9.17, 15) is 4.79 Å². The lowest BCUT2D eigenvalue weighted by atomic mass is 9.98. The van der Waals surface area contributed by atoms with Gasteiger partial charge in [-0.05, 0) is 37.8 Å². The second-order valence-corrected chi connectivity index (χ2v) is 7.38. The Hall–Kier alpha value is -2.21. The van der Waals surface area contributed by atoms with Crippen LogP contribution in [0.15, 0.2) is 28.8 Å². The topological polar surface area (TPSA) is 94.0 Å². The molecule has 3 N–H and O–H groups in total. The number of nitrogens with zero attached hydrogens (tertiary/aromatic N) is 2. The van der Waals surface area contributed by atoms with Crippen LogP contribution in [0.4, 0.5) is 0 Å². The maximum Gasteiger partial charge on any atom is 0.251 e. The molecule has 1 aromatic heterocycles. The van der Waals surface area contributed by atoms with Gasteiger partial charge < -0.3 is 15.6 Å². The predicted octanol–water partition coefficient (Wildman–Crippen LogP) is 3.23. The molecule has 0 radical (unpaired) electrons. The molecule has 1 atom stereocenters. The SMILES string of the molecule is Cc1ccc(C(=O)NC(c2nc(C3(N)CCCC3)no2)C(C)C)cc1. The Kier molecular flexibility index (Phi) is 4.90. The molecule has 25 heavy (non-hydrogen) atoms. The zero-order valence-corrected chi connectivity index (χ0v) is 15.1. The van der Waals surface area contributed by atoms with Gasteiger partial charge in [0, 0.05) is 5.56 Å². The molecule has 6 heteroatoms. The first kappa shape index (κ1) is 17.6. The van der Waals surface area contributed by atoms with Crippen molar-refractivity contribution in [2.24, 2.45) is 11.7 Å². The Morgan fingerprint density at radius 3 is 2.48 bits per heavy atom. The summed E-state index contributed by atoms with van der Waals surface area (Å²) in [5.74, 6) is 0.930. The molecule has 1 aliphatic carbocycles. The van der Waals surface area contributed by atoms with E-state index in [2.05, 4.69) is 15.5 Å². The lowest BCUT2D eigenvalue weighted by Gasteiger charge is -2.20. The largest absolute Gasteiger partial charge is 0.340 e. The van der Waals surface area contributed by atoms with Crippen molar-refractivity contribution in [3.05, 3.63) is 47.1 Å². The Morgan fingerprint density at radius 2 is 1.88 bits per heavy atom. The third-order valence-electron chi connectivity index (χ3n) is 4.92. The summed E-state index contributed by atoms with van der Waals surface area (Å²) in [5.41, 5.74) is 7.64. The molecule has 0 aliphatic heterocycles. The molecular weight excluding hydrogens is 316 g/mol. The quantitative estimate of drug-likeness (QED) is 0.870. The summed E-state index contributed by atoms with van der Waals surface area (Å²) in [4.78, 5) is 17.1. The minimum absolute atomic E-state index is 0.111. The second kappa shape index (κ2) is 6.96. The number of rotatable bonds is 5. The van der Waals surface area contributed by atoms with Crippen molar-refractivity contribution >= 4 is 5.91 Å². The second-order valence-electron chi connectivity index (χ2n) is 7.38. The Balaban J connectivity index is 1.78. The van der Waals surface area contributed by atoms with Crippen LogP contribution in [0.1, 0.15) is 73.2 Å². The van der Waals surface area contributed by atoms with Crippen molar-refractivity contribution in [1.82, 2.24) is 15.5 Å². The van der Waals surface area contributed by atoms with Crippen LogP contribution >= 0.6 is 0 Å². The highest BCUT2D eigenvalue weighted by atomic mass is 16.5. The van der Waals surface area contributed by atoms with Crippen LogP contribution in [-0.2, 0) is 5.54 Å². The summed E-state index contributed by atoms with van der Waals surface area (Å²) in [5, 5.41) is 7.11. The van der Waals surface area contributed by atoms with Gasteiger partial charge in [0.1, 0.15) is 6.04 Å². The maximum atomic E-state index is 12.5. The number of aromatic nitrogens is 2. The highest BCUT2D eigenvalue weighted by molar-refractivity contribution is 5.94.